The van der Waals surface area contributed by atoms with Gasteiger partial charge in [-0.15, -0.1) is 0 Å². The maximum absolute atomic E-state index is 5.63. The number of hydrogen-bond donors (Lipinski definition) is 1. The fraction of sp³-hybridized carbons (Fsp3) is 0.400. The number of imidazole rings is 1. The molecule has 0 saturated heterocycles. The molecule has 0 saturated carbocycles. The van der Waals surface area contributed by atoms with E-state index < -0.39 is 0 Å². The SMILES string of the molecule is COc1cc(CNCc2nccn2C)cc2c1OCCO2. The van der Waals surface area contributed by atoms with Gasteiger partial charge in [-0.3, -0.25) is 0 Å². The van der Waals surface area contributed by atoms with Crippen LogP contribution in [0, 0.1) is 0 Å². The van der Waals surface area contributed by atoms with Gasteiger partial charge in [-0.05, 0) is 17.7 Å². The lowest BCUT2D eigenvalue weighted by Crippen LogP contribution is -2.18. The highest BCUT2D eigenvalue weighted by Gasteiger charge is 2.18. The molecule has 0 fully saturated rings. The molecule has 0 spiro atoms. The molecule has 0 unspecified atom stereocenters. The molecular formula is C15H19N3O3. The van der Waals surface area contributed by atoms with Gasteiger partial charge < -0.3 is 24.1 Å². The second kappa shape index (κ2) is 6.05. The van der Waals surface area contributed by atoms with Crippen LogP contribution in [0.1, 0.15) is 11.4 Å². The molecule has 6 nitrogen and oxygen atoms in total. The van der Waals surface area contributed by atoms with Crippen molar-refractivity contribution in [1.29, 1.82) is 0 Å². The molecule has 0 amide bonds. The molecule has 21 heavy (non-hydrogen) atoms. The quantitative estimate of drug-likeness (QED) is 0.903. The van der Waals surface area contributed by atoms with Crippen molar-refractivity contribution < 1.29 is 14.2 Å². The van der Waals surface area contributed by atoms with Gasteiger partial charge in [0, 0.05) is 26.0 Å². The smallest absolute Gasteiger partial charge is 0.203 e. The highest BCUT2D eigenvalue weighted by Crippen LogP contribution is 2.40. The zero-order valence-corrected chi connectivity index (χ0v) is 12.3. The minimum absolute atomic E-state index is 0.556. The van der Waals surface area contributed by atoms with Crippen LogP contribution in [0.5, 0.6) is 17.2 Å². The molecule has 3 rings (SSSR count). The summed E-state index contributed by atoms with van der Waals surface area (Å²) in [6, 6.07) is 3.96. The number of fused-ring (bicyclic) bond motifs is 1. The molecule has 112 valence electrons. The summed E-state index contributed by atoms with van der Waals surface area (Å²) in [6.45, 7) is 2.54. The summed E-state index contributed by atoms with van der Waals surface area (Å²) in [5, 5.41) is 3.37. The van der Waals surface area contributed by atoms with E-state index in [4.69, 9.17) is 14.2 Å². The molecule has 1 N–H and O–H groups in total. The first-order valence-corrected chi connectivity index (χ1v) is 6.91. The van der Waals surface area contributed by atoms with Crippen molar-refractivity contribution in [3.8, 4) is 17.2 Å². The zero-order valence-electron chi connectivity index (χ0n) is 12.3. The first-order valence-electron chi connectivity index (χ1n) is 6.91. The van der Waals surface area contributed by atoms with Gasteiger partial charge in [0.25, 0.3) is 0 Å². The molecule has 0 aliphatic carbocycles. The lowest BCUT2D eigenvalue weighted by molar-refractivity contribution is 0.165. The second-order valence-electron chi connectivity index (χ2n) is 4.88. The minimum atomic E-state index is 0.556. The second-order valence-corrected chi connectivity index (χ2v) is 4.88. The van der Waals surface area contributed by atoms with Crippen molar-refractivity contribution in [2.75, 3.05) is 20.3 Å². The predicted molar refractivity (Wildman–Crippen MR) is 77.7 cm³/mol. The van der Waals surface area contributed by atoms with Crippen LogP contribution in [-0.2, 0) is 20.1 Å². The Bertz CT molecular complexity index is 607. The molecule has 1 aliphatic rings. The minimum Gasteiger partial charge on any atom is -0.493 e. The van der Waals surface area contributed by atoms with Crippen LogP contribution in [0.3, 0.4) is 0 Å². The average molecular weight is 289 g/mol. The third-order valence-corrected chi connectivity index (χ3v) is 3.42. The molecule has 0 atom stereocenters. The third kappa shape index (κ3) is 2.95. The number of hydrogen-bond acceptors (Lipinski definition) is 5. The van der Waals surface area contributed by atoms with Crippen LogP contribution in [-0.4, -0.2) is 29.9 Å². The monoisotopic (exact) mass is 289 g/mol. The van der Waals surface area contributed by atoms with Gasteiger partial charge in [0.2, 0.25) is 5.75 Å². The summed E-state index contributed by atoms with van der Waals surface area (Å²) in [5.74, 6) is 3.14. The van der Waals surface area contributed by atoms with Crippen LogP contribution < -0.4 is 19.5 Å². The van der Waals surface area contributed by atoms with Crippen LogP contribution in [0.4, 0.5) is 0 Å². The van der Waals surface area contributed by atoms with Gasteiger partial charge in [-0.25, -0.2) is 4.98 Å². The molecule has 6 heteroatoms. The van der Waals surface area contributed by atoms with Crippen molar-refractivity contribution in [1.82, 2.24) is 14.9 Å². The Hall–Kier alpha value is -2.21. The molecule has 1 aliphatic heterocycles. The van der Waals surface area contributed by atoms with Gasteiger partial charge in [0.05, 0.1) is 13.7 Å². The van der Waals surface area contributed by atoms with E-state index in [1.165, 1.54) is 0 Å². The van der Waals surface area contributed by atoms with E-state index in [9.17, 15) is 0 Å². The zero-order chi connectivity index (χ0) is 14.7. The van der Waals surface area contributed by atoms with Crippen LogP contribution in [0.15, 0.2) is 24.5 Å². The Morgan fingerprint density at radius 1 is 1.29 bits per heavy atom. The van der Waals surface area contributed by atoms with E-state index in [1.54, 1.807) is 13.3 Å². The average Bonchev–Trinajstić information content (AvgIpc) is 2.92. The Labute approximate surface area is 123 Å². The first-order chi connectivity index (χ1) is 10.3. The molecule has 2 heterocycles. The normalized spacial score (nSPS) is 13.2. The van der Waals surface area contributed by atoms with Gasteiger partial charge in [0.15, 0.2) is 11.5 Å². The maximum Gasteiger partial charge on any atom is 0.203 e. The van der Waals surface area contributed by atoms with E-state index in [1.807, 2.05) is 29.9 Å². The van der Waals surface area contributed by atoms with Crippen molar-refractivity contribution in [2.45, 2.75) is 13.1 Å². The summed E-state index contributed by atoms with van der Waals surface area (Å²) in [5.41, 5.74) is 1.09. The number of nitrogens with zero attached hydrogens (tertiary/aromatic N) is 2. The number of nitrogens with one attached hydrogen (secondary N) is 1. The van der Waals surface area contributed by atoms with Gasteiger partial charge >= 0.3 is 0 Å². The molecule has 1 aromatic carbocycles. The van der Waals surface area contributed by atoms with Crippen LogP contribution in [0.25, 0.3) is 0 Å². The third-order valence-electron chi connectivity index (χ3n) is 3.42. The van der Waals surface area contributed by atoms with Gasteiger partial charge in [0.1, 0.15) is 19.0 Å². The molecular weight excluding hydrogens is 270 g/mol. The largest absolute Gasteiger partial charge is 0.493 e. The Balaban J connectivity index is 1.69. The lowest BCUT2D eigenvalue weighted by Gasteiger charge is -2.21. The summed E-state index contributed by atoms with van der Waals surface area (Å²) >= 11 is 0. The number of rotatable bonds is 5. The number of ether oxygens (including phenoxy) is 3. The standard InChI is InChI=1S/C15H19N3O3/c1-18-4-3-17-14(18)10-16-9-11-7-12(19-2)15-13(8-11)20-5-6-21-15/h3-4,7-8,16H,5-6,9-10H2,1-2H3. The number of aryl methyl sites for hydroxylation is 1. The highest BCUT2D eigenvalue weighted by atomic mass is 16.6. The fourth-order valence-electron chi connectivity index (χ4n) is 2.31. The van der Waals surface area contributed by atoms with Crippen LogP contribution in [0.2, 0.25) is 0 Å². The number of methoxy groups -OCH3 is 1. The summed E-state index contributed by atoms with van der Waals surface area (Å²) in [4.78, 5) is 4.28. The summed E-state index contributed by atoms with van der Waals surface area (Å²) < 4.78 is 18.6. The Morgan fingerprint density at radius 3 is 2.90 bits per heavy atom. The molecule has 1 aromatic heterocycles. The van der Waals surface area contributed by atoms with E-state index in [0.29, 0.717) is 37.8 Å². The summed E-state index contributed by atoms with van der Waals surface area (Å²) in [6.07, 6.45) is 3.73. The van der Waals surface area contributed by atoms with Gasteiger partial charge in [-0.2, -0.15) is 0 Å². The topological polar surface area (TPSA) is 57.5 Å². The summed E-state index contributed by atoms with van der Waals surface area (Å²) in [7, 11) is 3.62. The lowest BCUT2D eigenvalue weighted by atomic mass is 10.1. The van der Waals surface area contributed by atoms with E-state index in [-0.39, 0.29) is 0 Å². The van der Waals surface area contributed by atoms with E-state index in [2.05, 4.69) is 10.3 Å². The first kappa shape index (κ1) is 13.8. The number of aromatic nitrogens is 2. The fourth-order valence-corrected chi connectivity index (χ4v) is 2.31. The number of benzene rings is 1. The van der Waals surface area contributed by atoms with Crippen molar-refractivity contribution in [2.24, 2.45) is 7.05 Å². The maximum atomic E-state index is 5.63. The highest BCUT2D eigenvalue weighted by molar-refractivity contribution is 5.54. The van der Waals surface area contributed by atoms with Crippen LogP contribution >= 0.6 is 0 Å². The Morgan fingerprint density at radius 2 is 2.14 bits per heavy atom. The molecule has 0 bridgehead atoms. The Kier molecular flexibility index (Phi) is 3.96. The molecule has 2 aromatic rings. The molecule has 0 radical (unpaired) electrons. The van der Waals surface area contributed by atoms with Crippen molar-refractivity contribution in [3.05, 3.63) is 35.9 Å². The van der Waals surface area contributed by atoms with E-state index >= 15 is 0 Å². The predicted octanol–water partition coefficient (Wildman–Crippen LogP) is 1.49. The van der Waals surface area contributed by atoms with Crippen molar-refractivity contribution >= 4 is 0 Å². The van der Waals surface area contributed by atoms with Gasteiger partial charge in [-0.1, -0.05) is 0 Å². The van der Waals surface area contributed by atoms with E-state index in [0.717, 1.165) is 17.1 Å². The van der Waals surface area contributed by atoms with Crippen molar-refractivity contribution in [3.63, 3.8) is 0 Å².